The van der Waals surface area contributed by atoms with Crippen molar-refractivity contribution in [1.82, 2.24) is 4.98 Å². The molecule has 0 amide bonds. The molecule has 1 saturated heterocycles. The molecule has 33 heavy (non-hydrogen) atoms. The highest BCUT2D eigenvalue weighted by Crippen LogP contribution is 2.39. The van der Waals surface area contributed by atoms with Gasteiger partial charge in [-0.3, -0.25) is 9.79 Å². The summed E-state index contributed by atoms with van der Waals surface area (Å²) in [7, 11) is -0.417. The maximum Gasteiger partial charge on any atom is 0.494 e. The fourth-order valence-electron chi connectivity index (χ4n) is 3.50. The number of aliphatic imine (C=N–C) groups is 1. The molecule has 1 unspecified atom stereocenters. The number of hydrogen-bond acceptors (Lipinski definition) is 8. The van der Waals surface area contributed by atoms with Gasteiger partial charge >= 0.3 is 7.12 Å². The van der Waals surface area contributed by atoms with Crippen molar-refractivity contribution in [3.05, 3.63) is 65.0 Å². The molecule has 2 aromatic carbocycles. The highest BCUT2D eigenvalue weighted by molar-refractivity contribution is 8.18. The van der Waals surface area contributed by atoms with E-state index in [1.807, 2.05) is 70.2 Å². The summed E-state index contributed by atoms with van der Waals surface area (Å²) < 4.78 is 13.4. The van der Waals surface area contributed by atoms with Gasteiger partial charge in [-0.25, -0.2) is 4.98 Å². The van der Waals surface area contributed by atoms with Crippen LogP contribution in [0, 0.1) is 0 Å². The lowest BCUT2D eigenvalue weighted by Gasteiger charge is -2.32. The Hall–Kier alpha value is -1.91. The number of carbonyl (C=O) groups is 1. The molecular weight excluding hydrogens is 471 g/mol. The maximum atomic E-state index is 12.8. The quantitative estimate of drug-likeness (QED) is 0.363. The summed E-state index contributed by atoms with van der Waals surface area (Å²) >= 11 is 4.18. The molecule has 9 heteroatoms. The summed E-state index contributed by atoms with van der Waals surface area (Å²) in [4.78, 5) is 23.9. The van der Waals surface area contributed by atoms with E-state index in [0.29, 0.717) is 0 Å². The SMILES string of the molecule is C=C1SC(c2nc3ccc(B4OC(C)(C)C(C)(C)O4)cc3s2)=NC1C(=O)Sc1ccccc1. The minimum atomic E-state index is -0.567. The second-order valence-corrected chi connectivity index (χ2v) is 12.2. The predicted octanol–water partition coefficient (Wildman–Crippen LogP) is 5.29. The standard InChI is InChI=1S/C24H23BN2O3S3/c1-14-19(22(28)32-16-9-7-6-8-10-16)27-21(31-14)20-26-17-12-11-15(13-18(17)33-20)25-29-23(2,3)24(4,5)30-25/h6-13,19H,1H2,2-5H3. The number of fused-ring (bicyclic) bond motifs is 1. The van der Waals surface area contributed by atoms with Crippen LogP contribution in [0.2, 0.25) is 0 Å². The molecule has 5 nitrogen and oxygen atoms in total. The van der Waals surface area contributed by atoms with Crippen LogP contribution in [-0.2, 0) is 14.1 Å². The molecule has 0 saturated carbocycles. The maximum absolute atomic E-state index is 12.8. The molecular formula is C24H23BN2O3S3. The summed E-state index contributed by atoms with van der Waals surface area (Å²) in [5, 5.41) is 1.51. The predicted molar refractivity (Wildman–Crippen MR) is 140 cm³/mol. The van der Waals surface area contributed by atoms with Gasteiger partial charge in [0.05, 0.1) is 21.4 Å². The van der Waals surface area contributed by atoms with E-state index in [1.54, 1.807) is 11.3 Å². The molecule has 0 bridgehead atoms. The van der Waals surface area contributed by atoms with Gasteiger partial charge in [0.25, 0.3) is 0 Å². The summed E-state index contributed by atoms with van der Waals surface area (Å²) in [6.07, 6.45) is 0. The van der Waals surface area contributed by atoms with E-state index < -0.39 is 13.2 Å². The molecule has 0 N–H and O–H groups in total. The van der Waals surface area contributed by atoms with Gasteiger partial charge in [-0.15, -0.1) is 11.3 Å². The third-order valence-corrected chi connectivity index (χ3v) is 9.15. The summed E-state index contributed by atoms with van der Waals surface area (Å²) in [6.45, 7) is 12.3. The Morgan fingerprint density at radius 2 is 1.79 bits per heavy atom. The lowest BCUT2D eigenvalue weighted by molar-refractivity contribution is -0.111. The van der Waals surface area contributed by atoms with E-state index in [1.165, 1.54) is 23.5 Å². The van der Waals surface area contributed by atoms with E-state index in [4.69, 9.17) is 14.3 Å². The van der Waals surface area contributed by atoms with Gasteiger partial charge in [0.15, 0.2) is 6.04 Å². The highest BCUT2D eigenvalue weighted by Gasteiger charge is 2.51. The zero-order valence-electron chi connectivity index (χ0n) is 18.8. The van der Waals surface area contributed by atoms with Gasteiger partial charge in [-0.1, -0.05) is 42.6 Å². The van der Waals surface area contributed by atoms with Crippen LogP contribution in [0.3, 0.4) is 0 Å². The first-order valence-corrected chi connectivity index (χ1v) is 13.1. The van der Waals surface area contributed by atoms with Crippen LogP contribution in [0.4, 0.5) is 0 Å². The largest absolute Gasteiger partial charge is 0.494 e. The van der Waals surface area contributed by atoms with Crippen LogP contribution < -0.4 is 5.46 Å². The Labute approximate surface area is 206 Å². The molecule has 0 spiro atoms. The number of thioether (sulfide) groups is 2. The molecule has 0 radical (unpaired) electrons. The van der Waals surface area contributed by atoms with E-state index >= 15 is 0 Å². The number of nitrogens with zero attached hydrogens (tertiary/aromatic N) is 2. The van der Waals surface area contributed by atoms with E-state index in [2.05, 4.69) is 17.6 Å². The molecule has 1 atom stereocenters. The van der Waals surface area contributed by atoms with Crippen LogP contribution >= 0.6 is 34.9 Å². The lowest BCUT2D eigenvalue weighted by Crippen LogP contribution is -2.41. The van der Waals surface area contributed by atoms with E-state index in [0.717, 1.165) is 35.5 Å². The molecule has 1 fully saturated rings. The van der Waals surface area contributed by atoms with E-state index in [9.17, 15) is 4.79 Å². The Morgan fingerprint density at radius 3 is 2.48 bits per heavy atom. The van der Waals surface area contributed by atoms with Crippen LogP contribution in [0.15, 0.2) is 69.9 Å². The van der Waals surface area contributed by atoms with Crippen molar-refractivity contribution >= 4 is 67.8 Å². The minimum Gasteiger partial charge on any atom is -0.399 e. The number of benzene rings is 2. The van der Waals surface area contributed by atoms with Crippen molar-refractivity contribution in [2.75, 3.05) is 0 Å². The van der Waals surface area contributed by atoms with Crippen molar-refractivity contribution in [3.8, 4) is 0 Å². The fraction of sp³-hybridized carbons (Fsp3) is 0.292. The normalized spacial score (nSPS) is 21.6. The van der Waals surface area contributed by atoms with Crippen LogP contribution in [-0.4, -0.2) is 39.5 Å². The highest BCUT2D eigenvalue weighted by atomic mass is 32.2. The second-order valence-electron chi connectivity index (χ2n) is 8.97. The lowest BCUT2D eigenvalue weighted by atomic mass is 9.79. The Morgan fingerprint density at radius 1 is 1.09 bits per heavy atom. The zero-order chi connectivity index (χ0) is 23.4. The first-order valence-electron chi connectivity index (χ1n) is 10.6. The first-order chi connectivity index (χ1) is 15.6. The molecule has 2 aliphatic rings. The number of carbonyl (C=O) groups excluding carboxylic acids is 1. The van der Waals surface area contributed by atoms with Crippen molar-refractivity contribution in [2.45, 2.75) is 49.8 Å². The smallest absolute Gasteiger partial charge is 0.399 e. The number of hydrogen-bond donors (Lipinski definition) is 0. The Bertz CT molecular complexity index is 1270. The third-order valence-electron chi connectivity index (χ3n) is 6.08. The first kappa shape index (κ1) is 22.9. The van der Waals surface area contributed by atoms with Crippen molar-refractivity contribution in [1.29, 1.82) is 0 Å². The van der Waals surface area contributed by atoms with E-state index in [-0.39, 0.29) is 16.3 Å². The topological polar surface area (TPSA) is 60.8 Å². The molecule has 3 aromatic rings. The Kier molecular flexibility index (Phi) is 5.82. The second kappa shape index (κ2) is 8.39. The number of thiazole rings is 1. The van der Waals surface area contributed by atoms with Crippen molar-refractivity contribution < 1.29 is 14.1 Å². The van der Waals surface area contributed by atoms with Crippen LogP contribution in [0.1, 0.15) is 32.7 Å². The third kappa shape index (κ3) is 4.33. The molecule has 5 rings (SSSR count). The fourth-order valence-corrected chi connectivity index (χ4v) is 6.37. The summed E-state index contributed by atoms with van der Waals surface area (Å²) in [5.41, 5.74) is 1.08. The van der Waals surface area contributed by atoms with Gasteiger partial charge in [0.1, 0.15) is 10.1 Å². The molecule has 168 valence electrons. The van der Waals surface area contributed by atoms with Gasteiger partial charge in [0, 0.05) is 9.80 Å². The van der Waals surface area contributed by atoms with Gasteiger partial charge in [0.2, 0.25) is 5.12 Å². The zero-order valence-corrected chi connectivity index (χ0v) is 21.3. The summed E-state index contributed by atoms with van der Waals surface area (Å²) in [6, 6.07) is 15.1. The molecule has 3 heterocycles. The molecule has 2 aliphatic heterocycles. The van der Waals surface area contributed by atoms with Gasteiger partial charge < -0.3 is 9.31 Å². The average molecular weight is 494 g/mol. The molecule has 1 aromatic heterocycles. The monoisotopic (exact) mass is 494 g/mol. The number of rotatable bonds is 4. The average Bonchev–Trinajstić information content (AvgIpc) is 3.41. The number of aromatic nitrogens is 1. The Balaban J connectivity index is 1.37. The van der Waals surface area contributed by atoms with Crippen molar-refractivity contribution in [2.24, 2.45) is 4.99 Å². The molecule has 0 aliphatic carbocycles. The van der Waals surface area contributed by atoms with Crippen molar-refractivity contribution in [3.63, 3.8) is 0 Å². The van der Waals surface area contributed by atoms with Gasteiger partial charge in [-0.2, -0.15) is 0 Å². The van der Waals surface area contributed by atoms with Gasteiger partial charge in [-0.05, 0) is 69.2 Å². The van der Waals surface area contributed by atoms with Crippen LogP contribution in [0.25, 0.3) is 10.2 Å². The minimum absolute atomic E-state index is 0.0298. The van der Waals surface area contributed by atoms with Crippen LogP contribution in [0.5, 0.6) is 0 Å². The summed E-state index contributed by atoms with van der Waals surface area (Å²) in [5.74, 6) is 0.